The van der Waals surface area contributed by atoms with Gasteiger partial charge in [0.1, 0.15) is 11.6 Å². The monoisotopic (exact) mass is 306 g/mol. The predicted octanol–water partition coefficient (Wildman–Crippen LogP) is 3.52. The van der Waals surface area contributed by atoms with Crippen LogP contribution in [0.15, 0.2) is 53.4 Å². The number of thioether (sulfide) groups is 1. The smallest absolute Gasteiger partial charge is 0.123 e. The van der Waals surface area contributed by atoms with Crippen molar-refractivity contribution < 1.29 is 9.13 Å². The van der Waals surface area contributed by atoms with E-state index in [1.807, 2.05) is 31.2 Å². The third kappa shape index (κ3) is 4.74. The van der Waals surface area contributed by atoms with Crippen molar-refractivity contribution in [1.82, 2.24) is 5.43 Å². The second-order valence-electron chi connectivity index (χ2n) is 4.49. The van der Waals surface area contributed by atoms with Crippen LogP contribution in [0, 0.1) is 5.82 Å². The summed E-state index contributed by atoms with van der Waals surface area (Å²) in [6.07, 6.45) is 0. The molecule has 1 atom stereocenters. The summed E-state index contributed by atoms with van der Waals surface area (Å²) in [7, 11) is 0. The molecular formula is C16H19FN2OS. The van der Waals surface area contributed by atoms with Crippen molar-refractivity contribution in [3.05, 3.63) is 59.9 Å². The van der Waals surface area contributed by atoms with Gasteiger partial charge in [0.2, 0.25) is 0 Å². The van der Waals surface area contributed by atoms with Gasteiger partial charge in [-0.1, -0.05) is 12.1 Å². The average molecular weight is 306 g/mol. The van der Waals surface area contributed by atoms with Gasteiger partial charge in [0.05, 0.1) is 12.6 Å². The second kappa shape index (κ2) is 8.02. The number of hydrogen-bond acceptors (Lipinski definition) is 4. The van der Waals surface area contributed by atoms with E-state index >= 15 is 0 Å². The number of rotatable bonds is 7. The average Bonchev–Trinajstić information content (AvgIpc) is 2.50. The van der Waals surface area contributed by atoms with E-state index in [2.05, 4.69) is 5.43 Å². The van der Waals surface area contributed by atoms with Crippen molar-refractivity contribution in [3.8, 4) is 5.75 Å². The van der Waals surface area contributed by atoms with Crippen LogP contribution >= 0.6 is 11.8 Å². The van der Waals surface area contributed by atoms with Gasteiger partial charge in [0, 0.05) is 10.6 Å². The first kappa shape index (κ1) is 15.8. The number of benzene rings is 2. The molecule has 3 N–H and O–H groups in total. The van der Waals surface area contributed by atoms with E-state index in [0.717, 1.165) is 22.0 Å². The number of nitrogens with one attached hydrogen (secondary N) is 1. The summed E-state index contributed by atoms with van der Waals surface area (Å²) >= 11 is 1.63. The molecule has 112 valence electrons. The Morgan fingerprint density at radius 3 is 2.67 bits per heavy atom. The van der Waals surface area contributed by atoms with Gasteiger partial charge in [-0.25, -0.2) is 4.39 Å². The molecule has 2 aromatic carbocycles. The molecule has 0 aromatic heterocycles. The molecule has 0 fully saturated rings. The fraction of sp³-hybridized carbons (Fsp3) is 0.250. The lowest BCUT2D eigenvalue weighted by atomic mass is 10.1. The van der Waals surface area contributed by atoms with Crippen LogP contribution in [0.1, 0.15) is 18.5 Å². The molecule has 0 bridgehead atoms. The maximum absolute atomic E-state index is 12.9. The van der Waals surface area contributed by atoms with Crippen molar-refractivity contribution in [3.63, 3.8) is 0 Å². The lowest BCUT2D eigenvalue weighted by Crippen LogP contribution is -2.29. The first-order valence-electron chi connectivity index (χ1n) is 6.80. The van der Waals surface area contributed by atoms with Crippen molar-refractivity contribution in [2.24, 2.45) is 5.84 Å². The molecule has 2 rings (SSSR count). The van der Waals surface area contributed by atoms with Gasteiger partial charge in [-0.3, -0.25) is 11.3 Å². The predicted molar refractivity (Wildman–Crippen MR) is 84.8 cm³/mol. The number of ether oxygens (including phenoxy) is 1. The van der Waals surface area contributed by atoms with E-state index in [9.17, 15) is 4.39 Å². The van der Waals surface area contributed by atoms with E-state index in [1.54, 1.807) is 23.9 Å². The maximum Gasteiger partial charge on any atom is 0.123 e. The van der Waals surface area contributed by atoms with Gasteiger partial charge < -0.3 is 4.74 Å². The summed E-state index contributed by atoms with van der Waals surface area (Å²) in [5, 5.41) is 0. The van der Waals surface area contributed by atoms with Gasteiger partial charge >= 0.3 is 0 Å². The fourth-order valence-corrected chi connectivity index (χ4v) is 2.92. The summed E-state index contributed by atoms with van der Waals surface area (Å²) in [4.78, 5) is 1.01. The maximum atomic E-state index is 12.9. The number of hydrogen-bond donors (Lipinski definition) is 2. The molecule has 0 aliphatic carbocycles. The highest BCUT2D eigenvalue weighted by Gasteiger charge is 2.11. The molecule has 0 aliphatic heterocycles. The molecule has 1 unspecified atom stereocenters. The molecular weight excluding hydrogens is 287 g/mol. The highest BCUT2D eigenvalue weighted by Crippen LogP contribution is 2.26. The lowest BCUT2D eigenvalue weighted by molar-refractivity contribution is 0.339. The van der Waals surface area contributed by atoms with Crippen LogP contribution in [0.25, 0.3) is 0 Å². The van der Waals surface area contributed by atoms with E-state index in [1.165, 1.54) is 12.1 Å². The Morgan fingerprint density at radius 1 is 1.24 bits per heavy atom. The van der Waals surface area contributed by atoms with E-state index in [4.69, 9.17) is 10.6 Å². The Morgan fingerprint density at radius 2 is 2.00 bits per heavy atom. The molecule has 3 nitrogen and oxygen atoms in total. The number of hydrazine groups is 1. The summed E-state index contributed by atoms with van der Waals surface area (Å²) in [6.45, 7) is 2.59. The molecule has 21 heavy (non-hydrogen) atoms. The molecule has 0 saturated carbocycles. The van der Waals surface area contributed by atoms with E-state index < -0.39 is 0 Å². The van der Waals surface area contributed by atoms with Crippen molar-refractivity contribution in [1.29, 1.82) is 0 Å². The van der Waals surface area contributed by atoms with Crippen LogP contribution in [-0.4, -0.2) is 12.4 Å². The van der Waals surface area contributed by atoms with Crippen molar-refractivity contribution in [2.45, 2.75) is 17.9 Å². The summed E-state index contributed by atoms with van der Waals surface area (Å²) < 4.78 is 18.4. The van der Waals surface area contributed by atoms with Crippen LogP contribution in [0.5, 0.6) is 5.75 Å². The zero-order valence-electron chi connectivity index (χ0n) is 11.9. The van der Waals surface area contributed by atoms with Crippen LogP contribution in [0.3, 0.4) is 0 Å². The zero-order chi connectivity index (χ0) is 15.1. The Balaban J connectivity index is 2.02. The van der Waals surface area contributed by atoms with Gasteiger partial charge in [-0.05, 0) is 48.9 Å². The van der Waals surface area contributed by atoms with Crippen LogP contribution in [0.2, 0.25) is 0 Å². The van der Waals surface area contributed by atoms with E-state index in [0.29, 0.717) is 6.61 Å². The quantitative estimate of drug-likeness (QED) is 0.467. The largest absolute Gasteiger partial charge is 0.494 e. The summed E-state index contributed by atoms with van der Waals surface area (Å²) in [5.41, 5.74) is 3.89. The standard InChI is InChI=1S/C16H19FN2OS/c1-2-20-14-5-3-4-12(10-14)16(19-18)11-21-15-8-6-13(17)7-9-15/h3-10,16,19H,2,11,18H2,1H3. The fourth-order valence-electron chi connectivity index (χ4n) is 1.94. The SMILES string of the molecule is CCOc1cccc(C(CSc2ccc(F)cc2)NN)c1. The van der Waals surface area contributed by atoms with Crippen LogP contribution < -0.4 is 16.0 Å². The molecule has 5 heteroatoms. The van der Waals surface area contributed by atoms with Gasteiger partial charge in [-0.15, -0.1) is 11.8 Å². The highest BCUT2D eigenvalue weighted by atomic mass is 32.2. The molecule has 0 aliphatic rings. The van der Waals surface area contributed by atoms with Gasteiger partial charge in [0.25, 0.3) is 0 Å². The molecule has 0 amide bonds. The third-order valence-corrected chi connectivity index (χ3v) is 4.11. The van der Waals surface area contributed by atoms with Crippen molar-refractivity contribution in [2.75, 3.05) is 12.4 Å². The normalized spacial score (nSPS) is 12.1. The summed E-state index contributed by atoms with van der Waals surface area (Å²) in [5.74, 6) is 7.01. The zero-order valence-corrected chi connectivity index (χ0v) is 12.7. The summed E-state index contributed by atoms with van der Waals surface area (Å²) in [6, 6.07) is 14.3. The first-order chi connectivity index (χ1) is 10.2. The third-order valence-electron chi connectivity index (χ3n) is 3.00. The van der Waals surface area contributed by atoms with Gasteiger partial charge in [-0.2, -0.15) is 0 Å². The Kier molecular flexibility index (Phi) is 6.04. The van der Waals surface area contributed by atoms with Crippen LogP contribution in [-0.2, 0) is 0 Å². The molecule has 2 aromatic rings. The molecule has 0 spiro atoms. The molecule has 0 saturated heterocycles. The second-order valence-corrected chi connectivity index (χ2v) is 5.58. The van der Waals surface area contributed by atoms with Gasteiger partial charge in [0.15, 0.2) is 0 Å². The Hall–Kier alpha value is -1.56. The van der Waals surface area contributed by atoms with Crippen molar-refractivity contribution >= 4 is 11.8 Å². The minimum atomic E-state index is -0.225. The topological polar surface area (TPSA) is 47.3 Å². The Bertz CT molecular complexity index is 562. The Labute approximate surface area is 128 Å². The lowest BCUT2D eigenvalue weighted by Gasteiger charge is -2.17. The first-order valence-corrected chi connectivity index (χ1v) is 7.78. The van der Waals surface area contributed by atoms with Crippen LogP contribution in [0.4, 0.5) is 4.39 Å². The molecule has 0 heterocycles. The minimum Gasteiger partial charge on any atom is -0.494 e. The minimum absolute atomic E-state index is 0.000425. The van der Waals surface area contributed by atoms with E-state index in [-0.39, 0.29) is 11.9 Å². The number of halogens is 1. The number of nitrogens with two attached hydrogens (primary N) is 1. The molecule has 0 radical (unpaired) electrons. The highest BCUT2D eigenvalue weighted by molar-refractivity contribution is 7.99.